The maximum absolute atomic E-state index is 9.15. The third-order valence-electron chi connectivity index (χ3n) is 2.67. The Kier molecular flexibility index (Phi) is 4.53. The van der Waals surface area contributed by atoms with E-state index in [1.165, 1.54) is 0 Å². The van der Waals surface area contributed by atoms with Gasteiger partial charge < -0.3 is 15.8 Å². The summed E-state index contributed by atoms with van der Waals surface area (Å²) in [7, 11) is 1.60. The van der Waals surface area contributed by atoms with E-state index in [1.54, 1.807) is 25.3 Å². The van der Waals surface area contributed by atoms with Crippen molar-refractivity contribution in [2.75, 3.05) is 18.2 Å². The van der Waals surface area contributed by atoms with Gasteiger partial charge in [0.1, 0.15) is 11.8 Å². The fourth-order valence-corrected chi connectivity index (χ4v) is 2.94. The molecular formula is C14H11Br2N3O. The van der Waals surface area contributed by atoms with Gasteiger partial charge in [-0.1, -0.05) is 0 Å². The number of benzene rings is 2. The molecule has 0 amide bonds. The molecule has 2 rings (SSSR count). The molecule has 3 N–H and O–H groups in total. The molecule has 2 aromatic rings. The first-order valence-corrected chi connectivity index (χ1v) is 7.23. The second kappa shape index (κ2) is 6.16. The predicted molar refractivity (Wildman–Crippen MR) is 87.2 cm³/mol. The lowest BCUT2D eigenvalue weighted by Crippen LogP contribution is -1.97. The van der Waals surface area contributed by atoms with Gasteiger partial charge in [0.15, 0.2) is 0 Å². The van der Waals surface area contributed by atoms with Crippen LogP contribution < -0.4 is 15.8 Å². The van der Waals surface area contributed by atoms with Crippen LogP contribution in [0, 0.1) is 11.3 Å². The van der Waals surface area contributed by atoms with E-state index in [0.717, 1.165) is 14.6 Å². The second-order valence-corrected chi connectivity index (χ2v) is 5.72. The lowest BCUT2D eigenvalue weighted by molar-refractivity contribution is 0.412. The molecule has 0 aromatic heterocycles. The molecule has 2 aromatic carbocycles. The lowest BCUT2D eigenvalue weighted by Gasteiger charge is -2.13. The van der Waals surface area contributed by atoms with Gasteiger partial charge in [-0.25, -0.2) is 0 Å². The van der Waals surface area contributed by atoms with Crippen LogP contribution in [-0.4, -0.2) is 7.11 Å². The summed E-state index contributed by atoms with van der Waals surface area (Å²) in [4.78, 5) is 0. The van der Waals surface area contributed by atoms with Crippen LogP contribution in [0.25, 0.3) is 0 Å². The van der Waals surface area contributed by atoms with Crippen molar-refractivity contribution in [3.05, 3.63) is 44.8 Å². The standard InChI is InChI=1S/C14H11Br2N3O/c1-20-14-6-13(10(15)5-11(14)16)19-12-3-2-9(18)4-8(12)7-17/h2-6,19H,18H2,1H3. The Morgan fingerprint density at radius 3 is 2.55 bits per heavy atom. The number of halogens is 2. The van der Waals surface area contributed by atoms with Gasteiger partial charge in [0.25, 0.3) is 0 Å². The van der Waals surface area contributed by atoms with E-state index < -0.39 is 0 Å². The van der Waals surface area contributed by atoms with Crippen LogP contribution in [0.4, 0.5) is 17.1 Å². The van der Waals surface area contributed by atoms with Gasteiger partial charge in [0.05, 0.1) is 28.5 Å². The molecule has 0 heterocycles. The van der Waals surface area contributed by atoms with Crippen LogP contribution in [-0.2, 0) is 0 Å². The van der Waals surface area contributed by atoms with Crippen LogP contribution in [0.1, 0.15) is 5.56 Å². The summed E-state index contributed by atoms with van der Waals surface area (Å²) in [5.74, 6) is 0.699. The number of rotatable bonds is 3. The fraction of sp³-hybridized carbons (Fsp3) is 0.0714. The number of ether oxygens (including phenoxy) is 1. The zero-order valence-electron chi connectivity index (χ0n) is 10.6. The minimum Gasteiger partial charge on any atom is -0.495 e. The molecular weight excluding hydrogens is 386 g/mol. The van der Waals surface area contributed by atoms with Crippen LogP contribution >= 0.6 is 31.9 Å². The van der Waals surface area contributed by atoms with Crippen molar-refractivity contribution < 1.29 is 4.74 Å². The van der Waals surface area contributed by atoms with Gasteiger partial charge in [-0.15, -0.1) is 0 Å². The van der Waals surface area contributed by atoms with E-state index in [1.807, 2.05) is 12.1 Å². The first-order chi connectivity index (χ1) is 9.55. The minimum atomic E-state index is 0.485. The van der Waals surface area contributed by atoms with E-state index in [-0.39, 0.29) is 0 Å². The van der Waals surface area contributed by atoms with E-state index in [9.17, 15) is 0 Å². The number of nitrogens with zero attached hydrogens (tertiary/aromatic N) is 1. The zero-order valence-corrected chi connectivity index (χ0v) is 13.7. The number of nitrogen functional groups attached to an aromatic ring is 1. The van der Waals surface area contributed by atoms with E-state index in [4.69, 9.17) is 15.7 Å². The Balaban J connectivity index is 2.43. The van der Waals surface area contributed by atoms with Crippen molar-refractivity contribution in [3.8, 4) is 11.8 Å². The average molecular weight is 397 g/mol. The molecule has 4 nitrogen and oxygen atoms in total. The fourth-order valence-electron chi connectivity index (χ4n) is 1.69. The summed E-state index contributed by atoms with van der Waals surface area (Å²) < 4.78 is 6.96. The molecule has 0 fully saturated rings. The van der Waals surface area contributed by atoms with Crippen LogP contribution in [0.5, 0.6) is 5.75 Å². The van der Waals surface area contributed by atoms with E-state index in [0.29, 0.717) is 22.7 Å². The molecule has 0 atom stereocenters. The van der Waals surface area contributed by atoms with Crippen molar-refractivity contribution >= 4 is 48.9 Å². The average Bonchev–Trinajstić information content (AvgIpc) is 2.43. The quantitative estimate of drug-likeness (QED) is 0.753. The number of hydrogen-bond donors (Lipinski definition) is 2. The summed E-state index contributed by atoms with van der Waals surface area (Å²) in [6, 6.07) is 11.0. The van der Waals surface area contributed by atoms with Gasteiger partial charge in [0.2, 0.25) is 0 Å². The molecule has 0 radical (unpaired) electrons. The third-order valence-corrected chi connectivity index (χ3v) is 3.95. The smallest absolute Gasteiger partial charge is 0.135 e. The Bertz CT molecular complexity index is 696. The topological polar surface area (TPSA) is 71.1 Å². The highest BCUT2D eigenvalue weighted by atomic mass is 79.9. The molecule has 0 saturated carbocycles. The van der Waals surface area contributed by atoms with Crippen molar-refractivity contribution in [1.82, 2.24) is 0 Å². The highest BCUT2D eigenvalue weighted by Crippen LogP contribution is 2.36. The summed E-state index contributed by atoms with van der Waals surface area (Å²) >= 11 is 6.89. The first-order valence-electron chi connectivity index (χ1n) is 5.65. The summed E-state index contributed by atoms with van der Waals surface area (Å²) in [6.07, 6.45) is 0. The van der Waals surface area contributed by atoms with Gasteiger partial charge in [-0.2, -0.15) is 5.26 Å². The molecule has 0 aliphatic heterocycles. The van der Waals surface area contributed by atoms with Crippen molar-refractivity contribution in [2.45, 2.75) is 0 Å². The van der Waals surface area contributed by atoms with Gasteiger partial charge in [-0.05, 0) is 56.1 Å². The number of hydrogen-bond acceptors (Lipinski definition) is 4. The highest BCUT2D eigenvalue weighted by molar-refractivity contribution is 9.11. The van der Waals surface area contributed by atoms with Crippen LogP contribution in [0.3, 0.4) is 0 Å². The Morgan fingerprint density at radius 1 is 1.15 bits per heavy atom. The molecule has 0 spiro atoms. The maximum Gasteiger partial charge on any atom is 0.135 e. The van der Waals surface area contributed by atoms with Crippen molar-refractivity contribution in [3.63, 3.8) is 0 Å². The molecule has 6 heteroatoms. The summed E-state index contributed by atoms with van der Waals surface area (Å²) in [6.45, 7) is 0. The highest BCUT2D eigenvalue weighted by Gasteiger charge is 2.09. The molecule has 0 unspecified atom stereocenters. The number of nitrogens with one attached hydrogen (secondary N) is 1. The first kappa shape index (κ1) is 14.7. The molecule has 0 saturated heterocycles. The van der Waals surface area contributed by atoms with Gasteiger partial charge in [-0.3, -0.25) is 0 Å². The monoisotopic (exact) mass is 395 g/mol. The number of nitriles is 1. The van der Waals surface area contributed by atoms with Gasteiger partial charge >= 0.3 is 0 Å². The van der Waals surface area contributed by atoms with Crippen molar-refractivity contribution in [2.24, 2.45) is 0 Å². The van der Waals surface area contributed by atoms with Gasteiger partial charge in [0, 0.05) is 16.2 Å². The Morgan fingerprint density at radius 2 is 1.90 bits per heavy atom. The molecule has 0 aliphatic rings. The van der Waals surface area contributed by atoms with E-state index in [2.05, 4.69) is 43.2 Å². The number of nitrogens with two attached hydrogens (primary N) is 1. The molecule has 0 bridgehead atoms. The number of anilines is 3. The second-order valence-electron chi connectivity index (χ2n) is 4.01. The van der Waals surface area contributed by atoms with Crippen molar-refractivity contribution in [1.29, 1.82) is 5.26 Å². The SMILES string of the molecule is COc1cc(Nc2ccc(N)cc2C#N)c(Br)cc1Br. The number of methoxy groups -OCH3 is 1. The third kappa shape index (κ3) is 3.06. The molecule has 20 heavy (non-hydrogen) atoms. The Hall–Kier alpha value is -1.71. The largest absolute Gasteiger partial charge is 0.495 e. The predicted octanol–water partition coefficient (Wildman–Crippen LogP) is 4.42. The molecule has 102 valence electrons. The molecule has 0 aliphatic carbocycles. The summed E-state index contributed by atoms with van der Waals surface area (Å²) in [5.41, 5.74) is 8.20. The minimum absolute atomic E-state index is 0.485. The van der Waals surface area contributed by atoms with Crippen LogP contribution in [0.2, 0.25) is 0 Å². The van der Waals surface area contributed by atoms with Crippen LogP contribution in [0.15, 0.2) is 39.3 Å². The summed E-state index contributed by atoms with van der Waals surface area (Å²) in [5, 5.41) is 12.3. The normalized spacial score (nSPS) is 9.90. The Labute approximate surface area is 133 Å². The zero-order chi connectivity index (χ0) is 14.7. The lowest BCUT2D eigenvalue weighted by atomic mass is 10.1. The maximum atomic E-state index is 9.15. The van der Waals surface area contributed by atoms with E-state index >= 15 is 0 Å².